The van der Waals surface area contributed by atoms with Crippen LogP contribution in [0.2, 0.25) is 0 Å². The largest absolute Gasteiger partial charge is 0.495 e. The number of methoxy groups -OCH3 is 1. The molecule has 3 heterocycles. The van der Waals surface area contributed by atoms with Crippen LogP contribution in [-0.2, 0) is 12.0 Å². The molecule has 0 aliphatic carbocycles. The number of anilines is 1. The molecule has 8 heteroatoms. The second-order valence-electron chi connectivity index (χ2n) is 9.20. The fourth-order valence-corrected chi connectivity index (χ4v) is 4.79. The molecule has 5 rings (SSSR count). The van der Waals surface area contributed by atoms with Crippen molar-refractivity contribution in [2.75, 3.05) is 25.5 Å². The monoisotopic (exact) mass is 492 g/mol. The van der Waals surface area contributed by atoms with E-state index < -0.39 is 5.41 Å². The van der Waals surface area contributed by atoms with Crippen LogP contribution in [0, 0.1) is 11.3 Å². The van der Waals surface area contributed by atoms with E-state index in [1.807, 2.05) is 24.3 Å². The lowest BCUT2D eigenvalue weighted by atomic mass is 9.74. The first-order valence-electron chi connectivity index (χ1n) is 12.2. The Morgan fingerprint density at radius 1 is 1.11 bits per heavy atom. The van der Waals surface area contributed by atoms with Crippen molar-refractivity contribution in [2.24, 2.45) is 0 Å². The number of nitriles is 1. The van der Waals surface area contributed by atoms with Crippen molar-refractivity contribution in [3.63, 3.8) is 0 Å². The zero-order valence-electron chi connectivity index (χ0n) is 20.6. The number of amides is 1. The van der Waals surface area contributed by atoms with Crippen LogP contribution in [0.15, 0.2) is 79.0 Å². The Kier molecular flexibility index (Phi) is 6.97. The van der Waals surface area contributed by atoms with Crippen LogP contribution in [0.25, 0.3) is 11.4 Å². The maximum Gasteiger partial charge on any atom is 0.274 e. The van der Waals surface area contributed by atoms with E-state index in [0.717, 1.165) is 43.7 Å². The lowest BCUT2D eigenvalue weighted by molar-refractivity contribution is 0.102. The van der Waals surface area contributed by atoms with Gasteiger partial charge in [0.2, 0.25) is 0 Å². The normalized spacial score (nSPS) is 15.0. The summed E-state index contributed by atoms with van der Waals surface area (Å²) in [4.78, 5) is 19.8. The van der Waals surface area contributed by atoms with E-state index in [-0.39, 0.29) is 11.6 Å². The second kappa shape index (κ2) is 10.6. The number of carbonyl (C=O) groups excluding carboxylic acids is 1. The number of carbonyl (C=O) groups is 1. The number of aromatic amines is 1. The fraction of sp³-hybridized carbons (Fsp3) is 0.241. The number of hydrogen-bond acceptors (Lipinski definition) is 6. The van der Waals surface area contributed by atoms with Crippen LogP contribution in [0.3, 0.4) is 0 Å². The predicted octanol–water partition coefficient (Wildman–Crippen LogP) is 4.79. The highest BCUT2D eigenvalue weighted by atomic mass is 16.5. The van der Waals surface area contributed by atoms with E-state index in [2.05, 4.69) is 55.7 Å². The Balaban J connectivity index is 1.30. The third-order valence-corrected chi connectivity index (χ3v) is 6.93. The van der Waals surface area contributed by atoms with E-state index >= 15 is 0 Å². The summed E-state index contributed by atoms with van der Waals surface area (Å²) in [6.07, 6.45) is 3.10. The summed E-state index contributed by atoms with van der Waals surface area (Å²) in [5, 5.41) is 19.9. The molecule has 2 N–H and O–H groups in total. The Morgan fingerprint density at radius 2 is 1.92 bits per heavy atom. The molecule has 1 saturated heterocycles. The maximum atomic E-state index is 13.0. The number of aromatic nitrogens is 3. The summed E-state index contributed by atoms with van der Waals surface area (Å²) in [6, 6.07) is 25.6. The molecular formula is C29H28N6O2. The van der Waals surface area contributed by atoms with Gasteiger partial charge in [0.15, 0.2) is 0 Å². The first-order valence-corrected chi connectivity index (χ1v) is 12.2. The van der Waals surface area contributed by atoms with Crippen LogP contribution in [-0.4, -0.2) is 46.2 Å². The van der Waals surface area contributed by atoms with Crippen LogP contribution >= 0.6 is 0 Å². The van der Waals surface area contributed by atoms with Gasteiger partial charge < -0.3 is 10.1 Å². The molecular weight excluding hydrogens is 464 g/mol. The summed E-state index contributed by atoms with van der Waals surface area (Å²) in [5.41, 5.74) is 3.75. The highest BCUT2D eigenvalue weighted by molar-refractivity contribution is 6.04. The number of pyridine rings is 1. The van der Waals surface area contributed by atoms with Crippen LogP contribution in [0.4, 0.5) is 5.69 Å². The molecule has 0 atom stereocenters. The minimum absolute atomic E-state index is 0.275. The van der Waals surface area contributed by atoms with Gasteiger partial charge in [0.1, 0.15) is 11.4 Å². The molecule has 0 unspecified atom stereocenters. The number of H-pyrrole nitrogens is 1. The summed E-state index contributed by atoms with van der Waals surface area (Å²) in [6.45, 7) is 2.55. The first-order chi connectivity index (χ1) is 18.1. The minimum atomic E-state index is -0.594. The number of ether oxygens (including phenoxy) is 1. The van der Waals surface area contributed by atoms with Gasteiger partial charge in [-0.25, -0.2) is 4.98 Å². The quantitative estimate of drug-likeness (QED) is 0.384. The second-order valence-corrected chi connectivity index (χ2v) is 9.20. The molecule has 186 valence electrons. The average Bonchev–Trinajstić information content (AvgIpc) is 3.50. The van der Waals surface area contributed by atoms with Crippen molar-refractivity contribution >= 4 is 11.6 Å². The topological polar surface area (TPSA) is 107 Å². The van der Waals surface area contributed by atoms with E-state index in [4.69, 9.17) is 4.74 Å². The SMILES string of the molecule is COc1cc(C2(C#N)CCN(Cc3ccccc3)CC2)ccc1NC(=O)c1cccc(-c2ccn[nH]2)n1. The highest BCUT2D eigenvalue weighted by Gasteiger charge is 2.37. The molecule has 1 aliphatic rings. The third-order valence-electron chi connectivity index (χ3n) is 6.93. The van der Waals surface area contributed by atoms with Crippen molar-refractivity contribution in [3.8, 4) is 23.2 Å². The number of rotatable bonds is 7. The molecule has 2 aromatic heterocycles. The van der Waals surface area contributed by atoms with Gasteiger partial charge in [-0.3, -0.25) is 14.8 Å². The van der Waals surface area contributed by atoms with Gasteiger partial charge >= 0.3 is 0 Å². The lowest BCUT2D eigenvalue weighted by Crippen LogP contribution is -2.41. The molecule has 0 bridgehead atoms. The number of likely N-dealkylation sites (tertiary alicyclic amines) is 1. The summed E-state index contributed by atoms with van der Waals surface area (Å²) < 4.78 is 5.62. The Labute approximate surface area is 215 Å². The Hall–Kier alpha value is -4.48. The van der Waals surface area contributed by atoms with E-state index in [0.29, 0.717) is 17.1 Å². The molecule has 1 fully saturated rings. The minimum Gasteiger partial charge on any atom is -0.495 e. The van der Waals surface area contributed by atoms with Gasteiger partial charge in [-0.15, -0.1) is 0 Å². The molecule has 8 nitrogen and oxygen atoms in total. The molecule has 4 aromatic rings. The lowest BCUT2D eigenvalue weighted by Gasteiger charge is -2.38. The van der Waals surface area contributed by atoms with Crippen molar-refractivity contribution in [1.82, 2.24) is 20.1 Å². The van der Waals surface area contributed by atoms with Crippen molar-refractivity contribution in [1.29, 1.82) is 5.26 Å². The average molecular weight is 493 g/mol. The number of piperidine rings is 1. The van der Waals surface area contributed by atoms with Crippen molar-refractivity contribution in [2.45, 2.75) is 24.8 Å². The molecule has 1 amide bonds. The number of benzene rings is 2. The summed E-state index contributed by atoms with van der Waals surface area (Å²) in [7, 11) is 1.56. The first kappa shape index (κ1) is 24.2. The van der Waals surface area contributed by atoms with Gasteiger partial charge in [0.25, 0.3) is 5.91 Å². The van der Waals surface area contributed by atoms with Gasteiger partial charge in [0.05, 0.1) is 35.7 Å². The van der Waals surface area contributed by atoms with Crippen LogP contribution in [0.5, 0.6) is 5.75 Å². The Morgan fingerprint density at radius 3 is 2.62 bits per heavy atom. The smallest absolute Gasteiger partial charge is 0.274 e. The standard InChI is InChI=1S/C29H28N6O2/c1-37-27-18-22(29(20-30)13-16-35(17-14-29)19-21-6-3-2-4-7-21)10-11-25(27)33-28(36)26-9-5-8-23(32-26)24-12-15-31-34-24/h2-12,15,18H,13-14,16-17,19H2,1H3,(H,31,34)(H,33,36). The van der Waals surface area contributed by atoms with Gasteiger partial charge in [-0.05, 0) is 54.3 Å². The summed E-state index contributed by atoms with van der Waals surface area (Å²) in [5.74, 6) is 0.161. The molecule has 2 aromatic carbocycles. The number of hydrogen-bond donors (Lipinski definition) is 2. The molecule has 0 radical (unpaired) electrons. The van der Waals surface area contributed by atoms with Crippen LogP contribution < -0.4 is 10.1 Å². The third kappa shape index (κ3) is 5.22. The summed E-state index contributed by atoms with van der Waals surface area (Å²) >= 11 is 0. The molecule has 1 aliphatic heterocycles. The van der Waals surface area contributed by atoms with E-state index in [1.165, 1.54) is 5.56 Å². The maximum absolute atomic E-state index is 13.0. The van der Waals surface area contributed by atoms with Crippen LogP contribution in [0.1, 0.15) is 34.5 Å². The van der Waals surface area contributed by atoms with Gasteiger partial charge in [0, 0.05) is 25.8 Å². The zero-order chi connectivity index (χ0) is 25.7. The van der Waals surface area contributed by atoms with Gasteiger partial charge in [-0.2, -0.15) is 10.4 Å². The van der Waals surface area contributed by atoms with Gasteiger partial charge in [-0.1, -0.05) is 42.5 Å². The van der Waals surface area contributed by atoms with Crippen molar-refractivity contribution in [3.05, 3.63) is 95.8 Å². The number of nitrogens with zero attached hydrogens (tertiary/aromatic N) is 4. The predicted molar refractivity (Wildman–Crippen MR) is 141 cm³/mol. The molecule has 37 heavy (non-hydrogen) atoms. The highest BCUT2D eigenvalue weighted by Crippen LogP contribution is 2.39. The molecule has 0 saturated carbocycles. The molecule has 0 spiro atoms. The number of nitrogens with one attached hydrogen (secondary N) is 2. The van der Waals surface area contributed by atoms with E-state index in [9.17, 15) is 10.1 Å². The van der Waals surface area contributed by atoms with Crippen molar-refractivity contribution < 1.29 is 9.53 Å². The van der Waals surface area contributed by atoms with E-state index in [1.54, 1.807) is 37.6 Å². The Bertz CT molecular complexity index is 1400. The zero-order valence-corrected chi connectivity index (χ0v) is 20.6. The fourth-order valence-electron chi connectivity index (χ4n) is 4.79.